The van der Waals surface area contributed by atoms with Crippen LogP contribution in [-0.2, 0) is 13.6 Å². The van der Waals surface area contributed by atoms with Crippen LogP contribution in [-0.4, -0.2) is 12.7 Å². The van der Waals surface area contributed by atoms with Gasteiger partial charge in [-0.1, -0.05) is 0 Å². The maximum absolute atomic E-state index is 10.4. The first-order valence-electron chi connectivity index (χ1n) is 2.56. The SMILES string of the molecule is CC1CCO[P+](=O)O1. The molecule has 0 aliphatic carbocycles. The fourth-order valence-corrected chi connectivity index (χ4v) is 1.24. The molecule has 0 aromatic carbocycles. The molecular weight excluding hydrogens is 127 g/mol. The van der Waals surface area contributed by atoms with Gasteiger partial charge in [-0.25, -0.2) is 0 Å². The predicted molar refractivity (Wildman–Crippen MR) is 28.7 cm³/mol. The summed E-state index contributed by atoms with van der Waals surface area (Å²) in [4.78, 5) is 0. The van der Waals surface area contributed by atoms with Gasteiger partial charge in [-0.05, 0) is 6.92 Å². The van der Waals surface area contributed by atoms with Gasteiger partial charge in [-0.15, -0.1) is 9.05 Å². The lowest BCUT2D eigenvalue weighted by molar-refractivity contribution is 0.108. The summed E-state index contributed by atoms with van der Waals surface area (Å²) in [6, 6.07) is 0. The van der Waals surface area contributed by atoms with Crippen LogP contribution < -0.4 is 0 Å². The van der Waals surface area contributed by atoms with Crippen LogP contribution in [0.3, 0.4) is 0 Å². The third-order valence-corrected chi connectivity index (χ3v) is 1.91. The summed E-state index contributed by atoms with van der Waals surface area (Å²) in [6.45, 7) is 2.45. The molecule has 0 spiro atoms. The first kappa shape index (κ1) is 6.14. The Labute approximate surface area is 48.9 Å². The number of rotatable bonds is 0. The maximum Gasteiger partial charge on any atom is 0.697 e. The molecule has 1 rings (SSSR count). The molecule has 0 radical (unpaired) electrons. The van der Waals surface area contributed by atoms with Crippen LogP contribution >= 0.6 is 8.25 Å². The minimum Gasteiger partial charge on any atom is -0.119 e. The highest BCUT2D eigenvalue weighted by molar-refractivity contribution is 7.33. The molecule has 1 fully saturated rings. The van der Waals surface area contributed by atoms with Gasteiger partial charge in [0, 0.05) is 11.0 Å². The summed E-state index contributed by atoms with van der Waals surface area (Å²) in [6.07, 6.45) is 0.952. The highest BCUT2D eigenvalue weighted by atomic mass is 31.1. The smallest absolute Gasteiger partial charge is 0.119 e. The Balaban J connectivity index is 2.34. The van der Waals surface area contributed by atoms with E-state index in [1.54, 1.807) is 0 Å². The third kappa shape index (κ3) is 1.51. The molecule has 1 aliphatic rings. The van der Waals surface area contributed by atoms with Gasteiger partial charge in [-0.3, -0.25) is 0 Å². The van der Waals surface area contributed by atoms with Crippen molar-refractivity contribution >= 4 is 8.25 Å². The first-order chi connectivity index (χ1) is 3.79. The molecule has 4 heteroatoms. The molecule has 1 heterocycles. The van der Waals surface area contributed by atoms with Gasteiger partial charge in [0.1, 0.15) is 12.7 Å². The van der Waals surface area contributed by atoms with Crippen LogP contribution in [0.2, 0.25) is 0 Å². The van der Waals surface area contributed by atoms with Crippen LogP contribution in [0.1, 0.15) is 13.3 Å². The fourth-order valence-electron chi connectivity index (χ4n) is 0.523. The lowest BCUT2D eigenvalue weighted by Gasteiger charge is -2.04. The molecule has 1 aliphatic heterocycles. The van der Waals surface area contributed by atoms with Crippen LogP contribution in [0.5, 0.6) is 0 Å². The van der Waals surface area contributed by atoms with E-state index in [2.05, 4.69) is 4.52 Å². The van der Waals surface area contributed by atoms with Gasteiger partial charge >= 0.3 is 8.25 Å². The average Bonchev–Trinajstić information content (AvgIpc) is 1.64. The molecule has 3 nitrogen and oxygen atoms in total. The molecule has 2 unspecified atom stereocenters. The lowest BCUT2D eigenvalue weighted by atomic mass is 10.3. The average molecular weight is 135 g/mol. The van der Waals surface area contributed by atoms with Gasteiger partial charge in [0.25, 0.3) is 0 Å². The van der Waals surface area contributed by atoms with Crippen LogP contribution in [0.4, 0.5) is 0 Å². The summed E-state index contributed by atoms with van der Waals surface area (Å²) in [5.74, 6) is 0. The summed E-state index contributed by atoms with van der Waals surface area (Å²) in [5, 5.41) is 0. The van der Waals surface area contributed by atoms with E-state index in [1.807, 2.05) is 6.92 Å². The van der Waals surface area contributed by atoms with Crippen molar-refractivity contribution in [2.24, 2.45) is 0 Å². The lowest BCUT2D eigenvalue weighted by Crippen LogP contribution is -2.11. The van der Waals surface area contributed by atoms with Gasteiger partial charge in [0.05, 0.1) is 0 Å². The highest BCUT2D eigenvalue weighted by Gasteiger charge is 2.29. The number of hydrogen-bond acceptors (Lipinski definition) is 3. The van der Waals surface area contributed by atoms with Crippen LogP contribution in [0.25, 0.3) is 0 Å². The molecule has 0 amide bonds. The fraction of sp³-hybridized carbons (Fsp3) is 1.00. The van der Waals surface area contributed by atoms with E-state index < -0.39 is 8.25 Å². The molecule has 0 saturated carbocycles. The van der Waals surface area contributed by atoms with Crippen LogP contribution in [0.15, 0.2) is 0 Å². The molecule has 0 aromatic rings. The molecule has 0 aromatic heterocycles. The Bertz CT molecular complexity index is 103. The Morgan fingerprint density at radius 2 is 2.50 bits per heavy atom. The second-order valence-electron chi connectivity index (χ2n) is 1.76. The largest absolute Gasteiger partial charge is 0.697 e. The highest BCUT2D eigenvalue weighted by Crippen LogP contribution is 2.31. The Hall–Kier alpha value is 0.0200. The zero-order valence-electron chi connectivity index (χ0n) is 4.66. The Kier molecular flexibility index (Phi) is 1.95. The predicted octanol–water partition coefficient (Wildman–Crippen LogP) is 1.47. The Morgan fingerprint density at radius 3 is 2.88 bits per heavy atom. The second kappa shape index (κ2) is 2.53. The first-order valence-corrected chi connectivity index (χ1v) is 3.65. The van der Waals surface area contributed by atoms with Gasteiger partial charge in [-0.2, -0.15) is 0 Å². The summed E-state index contributed by atoms with van der Waals surface area (Å²) in [7, 11) is -1.78. The summed E-state index contributed by atoms with van der Waals surface area (Å²) < 4.78 is 19.8. The third-order valence-electron chi connectivity index (χ3n) is 0.987. The maximum atomic E-state index is 10.4. The Morgan fingerprint density at radius 1 is 1.75 bits per heavy atom. The van der Waals surface area contributed by atoms with Crippen molar-refractivity contribution in [1.82, 2.24) is 0 Å². The number of hydrogen-bond donors (Lipinski definition) is 0. The summed E-state index contributed by atoms with van der Waals surface area (Å²) in [5.41, 5.74) is 0. The molecule has 0 N–H and O–H groups in total. The van der Waals surface area contributed by atoms with Crippen molar-refractivity contribution in [2.75, 3.05) is 6.61 Å². The second-order valence-corrected chi connectivity index (χ2v) is 2.68. The van der Waals surface area contributed by atoms with E-state index in [-0.39, 0.29) is 6.10 Å². The minimum atomic E-state index is -1.78. The van der Waals surface area contributed by atoms with Gasteiger partial charge in [0.2, 0.25) is 0 Å². The summed E-state index contributed by atoms with van der Waals surface area (Å²) >= 11 is 0. The monoisotopic (exact) mass is 135 g/mol. The molecule has 8 heavy (non-hydrogen) atoms. The zero-order valence-corrected chi connectivity index (χ0v) is 5.56. The van der Waals surface area contributed by atoms with Crippen LogP contribution in [0, 0.1) is 0 Å². The van der Waals surface area contributed by atoms with E-state index >= 15 is 0 Å². The normalized spacial score (nSPS) is 35.1. The van der Waals surface area contributed by atoms with E-state index in [0.717, 1.165) is 6.42 Å². The molecule has 1 saturated heterocycles. The zero-order chi connectivity index (χ0) is 5.98. The minimum absolute atomic E-state index is 0.104. The molecule has 46 valence electrons. The van der Waals surface area contributed by atoms with E-state index in [4.69, 9.17) is 4.52 Å². The van der Waals surface area contributed by atoms with E-state index in [0.29, 0.717) is 6.61 Å². The van der Waals surface area contributed by atoms with Gasteiger partial charge in [0.15, 0.2) is 0 Å². The van der Waals surface area contributed by atoms with Gasteiger partial charge < -0.3 is 0 Å². The van der Waals surface area contributed by atoms with Crippen molar-refractivity contribution in [3.05, 3.63) is 0 Å². The topological polar surface area (TPSA) is 35.5 Å². The van der Waals surface area contributed by atoms with E-state index in [1.165, 1.54) is 0 Å². The molecular formula is C4H8O3P+. The molecule has 0 bridgehead atoms. The quantitative estimate of drug-likeness (QED) is 0.472. The van der Waals surface area contributed by atoms with Crippen molar-refractivity contribution in [3.63, 3.8) is 0 Å². The van der Waals surface area contributed by atoms with Crippen molar-refractivity contribution in [1.29, 1.82) is 0 Å². The van der Waals surface area contributed by atoms with Crippen molar-refractivity contribution < 1.29 is 13.6 Å². The van der Waals surface area contributed by atoms with E-state index in [9.17, 15) is 4.57 Å². The van der Waals surface area contributed by atoms with Crippen molar-refractivity contribution in [2.45, 2.75) is 19.4 Å². The standard InChI is InChI=1S/C4H8O3P/c1-4-2-3-6-8(5)7-4/h4H,2-3H2,1H3/q+1. The van der Waals surface area contributed by atoms with Crippen molar-refractivity contribution in [3.8, 4) is 0 Å². The molecule has 2 atom stereocenters.